The fraction of sp³-hybridized carbons (Fsp3) is 0.450. The third kappa shape index (κ3) is 3.37. The zero-order valence-electron chi connectivity index (χ0n) is 17.2. The van der Waals surface area contributed by atoms with Gasteiger partial charge >= 0.3 is 0 Å². The molecule has 0 unspecified atom stereocenters. The molecule has 0 amide bonds. The van der Waals surface area contributed by atoms with E-state index < -0.39 is 6.85 Å². The minimum Gasteiger partial charge on any atom is -0.256 e. The number of aryl methyl sites for hydroxylation is 1. The Kier molecular flexibility index (Phi) is 3.20. The quantitative estimate of drug-likeness (QED) is 0.649. The van der Waals surface area contributed by atoms with E-state index in [4.69, 9.17) is 4.11 Å². The Morgan fingerprint density at radius 2 is 1.59 bits per heavy atom. The van der Waals surface area contributed by atoms with Gasteiger partial charge in [0.25, 0.3) is 0 Å². The van der Waals surface area contributed by atoms with E-state index in [9.17, 15) is 4.39 Å². The van der Waals surface area contributed by atoms with E-state index in [0.717, 1.165) is 11.1 Å². The average molecular weight is 302 g/mol. The lowest BCUT2D eigenvalue weighted by Gasteiger charge is -2.23. The Morgan fingerprint density at radius 3 is 2.14 bits per heavy atom. The predicted octanol–water partition coefficient (Wildman–Crippen LogP) is 5.79. The number of pyridine rings is 1. The van der Waals surface area contributed by atoms with Crippen molar-refractivity contribution in [1.82, 2.24) is 4.98 Å². The van der Waals surface area contributed by atoms with Crippen molar-refractivity contribution in [3.8, 4) is 11.3 Å². The normalized spacial score (nSPS) is 15.1. The molecule has 1 heterocycles. The van der Waals surface area contributed by atoms with E-state index in [-0.39, 0.29) is 22.2 Å². The number of aromatic nitrogens is 1. The zero-order chi connectivity index (χ0) is 19.2. The molecule has 0 aliphatic rings. The smallest absolute Gasteiger partial charge is 0.126 e. The van der Waals surface area contributed by atoms with Gasteiger partial charge in [0.1, 0.15) is 5.82 Å². The van der Waals surface area contributed by atoms with Crippen molar-refractivity contribution in [2.24, 2.45) is 0 Å². The Bertz CT molecular complexity index is 781. The minimum atomic E-state index is -2.21. The lowest BCUT2D eigenvalue weighted by molar-refractivity contribution is 0.523. The highest BCUT2D eigenvalue weighted by Crippen LogP contribution is 2.32. The molecule has 118 valence electrons. The van der Waals surface area contributed by atoms with Crippen molar-refractivity contribution in [3.05, 3.63) is 53.0 Å². The number of benzene rings is 1. The molecule has 0 radical (unpaired) electrons. The highest BCUT2D eigenvalue weighted by molar-refractivity contribution is 5.62. The van der Waals surface area contributed by atoms with E-state index in [1.165, 1.54) is 12.3 Å². The van der Waals surface area contributed by atoms with E-state index in [0.29, 0.717) is 11.3 Å². The summed E-state index contributed by atoms with van der Waals surface area (Å²) in [6, 6.07) is 6.76. The molecule has 2 rings (SSSR count). The van der Waals surface area contributed by atoms with E-state index in [1.807, 2.05) is 47.6 Å². The molecule has 0 bridgehead atoms. The van der Waals surface area contributed by atoms with Gasteiger partial charge < -0.3 is 0 Å². The molecule has 0 atom stereocenters. The Morgan fingerprint density at radius 1 is 0.955 bits per heavy atom. The lowest BCUT2D eigenvalue weighted by Crippen LogP contribution is -2.14. The summed E-state index contributed by atoms with van der Waals surface area (Å²) in [5.74, 6) is -0.244. The molecule has 2 heteroatoms. The van der Waals surface area contributed by atoms with E-state index in [1.54, 1.807) is 12.1 Å². The topological polar surface area (TPSA) is 12.9 Å². The molecular formula is C20H26FN. The SMILES string of the molecule is [2H]C([2H])([2H])c1cnc(-c2ccc(F)c(C(C)(C)C)c2)cc1C(C)(C)C. The third-order valence-corrected chi connectivity index (χ3v) is 3.78. The molecule has 0 saturated heterocycles. The van der Waals surface area contributed by atoms with Crippen molar-refractivity contribution in [2.75, 3.05) is 0 Å². The van der Waals surface area contributed by atoms with Gasteiger partial charge in [-0.3, -0.25) is 4.98 Å². The van der Waals surface area contributed by atoms with Crippen LogP contribution >= 0.6 is 0 Å². The van der Waals surface area contributed by atoms with Crippen molar-refractivity contribution in [3.63, 3.8) is 0 Å². The molecule has 0 fully saturated rings. The maximum absolute atomic E-state index is 14.2. The molecule has 0 saturated carbocycles. The van der Waals surface area contributed by atoms with Crippen molar-refractivity contribution < 1.29 is 8.50 Å². The largest absolute Gasteiger partial charge is 0.256 e. The van der Waals surface area contributed by atoms with Gasteiger partial charge in [-0.05, 0) is 58.6 Å². The van der Waals surface area contributed by atoms with Gasteiger partial charge in [0, 0.05) is 15.9 Å². The zero-order valence-corrected chi connectivity index (χ0v) is 14.2. The Labute approximate surface area is 137 Å². The maximum Gasteiger partial charge on any atom is 0.126 e. The molecule has 22 heavy (non-hydrogen) atoms. The van der Waals surface area contributed by atoms with E-state index in [2.05, 4.69) is 4.98 Å². The molecule has 1 nitrogen and oxygen atoms in total. The first-order chi connectivity index (χ1) is 11.2. The van der Waals surface area contributed by atoms with Crippen molar-refractivity contribution in [1.29, 1.82) is 0 Å². The maximum atomic E-state index is 14.2. The van der Waals surface area contributed by atoms with Gasteiger partial charge in [0.2, 0.25) is 0 Å². The second-order valence-electron chi connectivity index (χ2n) is 7.81. The molecule has 2 aromatic rings. The Hall–Kier alpha value is -1.70. The fourth-order valence-corrected chi connectivity index (χ4v) is 2.49. The second kappa shape index (κ2) is 5.49. The van der Waals surface area contributed by atoms with Crippen LogP contribution < -0.4 is 0 Å². The molecule has 0 aliphatic heterocycles. The van der Waals surface area contributed by atoms with Crippen molar-refractivity contribution in [2.45, 2.75) is 59.2 Å². The summed E-state index contributed by atoms with van der Waals surface area (Å²) < 4.78 is 37.4. The summed E-state index contributed by atoms with van der Waals surface area (Å²) in [4.78, 5) is 4.36. The van der Waals surface area contributed by atoms with Crippen LogP contribution in [0.5, 0.6) is 0 Å². The van der Waals surface area contributed by atoms with E-state index >= 15 is 0 Å². The van der Waals surface area contributed by atoms with Crippen LogP contribution in [0.2, 0.25) is 0 Å². The Balaban J connectivity index is 2.66. The number of hydrogen-bond donors (Lipinski definition) is 0. The number of halogens is 1. The molecule has 0 N–H and O–H groups in total. The number of hydrogen-bond acceptors (Lipinski definition) is 1. The summed E-state index contributed by atoms with van der Waals surface area (Å²) in [6.07, 6.45) is 1.43. The highest BCUT2D eigenvalue weighted by atomic mass is 19.1. The minimum absolute atomic E-state index is 0.244. The van der Waals surface area contributed by atoms with Gasteiger partial charge in [-0.1, -0.05) is 41.5 Å². The van der Waals surface area contributed by atoms with Crippen LogP contribution in [0.25, 0.3) is 11.3 Å². The van der Waals surface area contributed by atoms with Crippen LogP contribution in [0, 0.1) is 12.7 Å². The molecule has 1 aromatic heterocycles. The second-order valence-corrected chi connectivity index (χ2v) is 7.81. The van der Waals surface area contributed by atoms with Gasteiger partial charge in [0.05, 0.1) is 5.69 Å². The number of nitrogens with zero attached hydrogens (tertiary/aromatic N) is 1. The van der Waals surface area contributed by atoms with Crippen LogP contribution in [-0.2, 0) is 10.8 Å². The van der Waals surface area contributed by atoms with Crippen LogP contribution in [0.15, 0.2) is 30.5 Å². The van der Waals surface area contributed by atoms with Gasteiger partial charge in [-0.25, -0.2) is 4.39 Å². The summed E-state index contributed by atoms with van der Waals surface area (Å²) in [5.41, 5.74) is 2.39. The summed E-state index contributed by atoms with van der Waals surface area (Å²) in [5, 5.41) is 0. The van der Waals surface area contributed by atoms with Crippen molar-refractivity contribution >= 4 is 0 Å². The predicted molar refractivity (Wildman–Crippen MR) is 91.8 cm³/mol. The van der Waals surface area contributed by atoms with Gasteiger partial charge in [-0.15, -0.1) is 0 Å². The van der Waals surface area contributed by atoms with Crippen LogP contribution in [0.4, 0.5) is 4.39 Å². The summed E-state index contributed by atoms with van der Waals surface area (Å²) in [7, 11) is 0. The third-order valence-electron chi connectivity index (χ3n) is 3.78. The van der Waals surface area contributed by atoms with Gasteiger partial charge in [0.15, 0.2) is 0 Å². The van der Waals surface area contributed by atoms with Crippen LogP contribution in [0.3, 0.4) is 0 Å². The fourth-order valence-electron chi connectivity index (χ4n) is 2.49. The summed E-state index contributed by atoms with van der Waals surface area (Å²) in [6.45, 7) is 9.60. The first kappa shape index (κ1) is 12.8. The highest BCUT2D eigenvalue weighted by Gasteiger charge is 2.21. The standard InChI is InChI=1S/C20H26FN/c1-13-12-22-18(11-15(13)19(2,3)4)14-8-9-17(21)16(10-14)20(5,6)7/h8-12H,1-7H3/i1D3. The molecule has 1 aromatic carbocycles. The van der Waals surface area contributed by atoms with Crippen LogP contribution in [0.1, 0.15) is 62.3 Å². The molecular weight excluding hydrogens is 273 g/mol. The lowest BCUT2D eigenvalue weighted by atomic mass is 9.83. The summed E-state index contributed by atoms with van der Waals surface area (Å²) >= 11 is 0. The van der Waals surface area contributed by atoms with Crippen LogP contribution in [-0.4, -0.2) is 4.98 Å². The van der Waals surface area contributed by atoms with Gasteiger partial charge in [-0.2, -0.15) is 0 Å². The molecule has 0 aliphatic carbocycles. The molecule has 0 spiro atoms. The average Bonchev–Trinajstić information content (AvgIpc) is 2.44. The monoisotopic (exact) mass is 302 g/mol. The first-order valence-electron chi connectivity index (χ1n) is 9.02. The number of rotatable bonds is 1. The first-order valence-corrected chi connectivity index (χ1v) is 7.52.